The second kappa shape index (κ2) is 6.74. The third kappa shape index (κ3) is 3.26. The minimum atomic E-state index is -0.205. The van der Waals surface area contributed by atoms with Crippen LogP contribution in [0.5, 0.6) is 0 Å². The predicted molar refractivity (Wildman–Crippen MR) is 94.2 cm³/mol. The van der Waals surface area contributed by atoms with Gasteiger partial charge in [0.05, 0.1) is 5.56 Å². The van der Waals surface area contributed by atoms with Crippen LogP contribution in [0.15, 0.2) is 24.3 Å². The first kappa shape index (κ1) is 16.0. The second-order valence-corrected chi connectivity index (χ2v) is 7.34. The molecule has 5 heteroatoms. The van der Waals surface area contributed by atoms with Crippen LogP contribution in [-0.4, -0.2) is 5.91 Å². The van der Waals surface area contributed by atoms with Crippen LogP contribution in [0.3, 0.4) is 0 Å². The van der Waals surface area contributed by atoms with Crippen molar-refractivity contribution >= 4 is 33.8 Å². The third-order valence-corrected chi connectivity index (χ3v) is 5.81. The first-order chi connectivity index (χ1) is 11.1. The molecular weight excluding hydrogens is 328 g/mol. The van der Waals surface area contributed by atoms with E-state index in [-0.39, 0.29) is 5.91 Å². The maximum absolute atomic E-state index is 12.4. The van der Waals surface area contributed by atoms with Crippen molar-refractivity contribution in [1.29, 1.82) is 5.26 Å². The van der Waals surface area contributed by atoms with Crippen LogP contribution in [0.25, 0.3) is 0 Å². The third-order valence-electron chi connectivity index (χ3n) is 4.39. The monoisotopic (exact) mass is 344 g/mol. The molecule has 1 unspecified atom stereocenters. The maximum atomic E-state index is 12.4. The Morgan fingerprint density at radius 3 is 2.83 bits per heavy atom. The van der Waals surface area contributed by atoms with Crippen LogP contribution < -0.4 is 5.32 Å². The Hall–Kier alpha value is -1.83. The van der Waals surface area contributed by atoms with Crippen molar-refractivity contribution in [1.82, 2.24) is 0 Å². The summed E-state index contributed by atoms with van der Waals surface area (Å²) in [5.41, 5.74) is 2.31. The van der Waals surface area contributed by atoms with E-state index in [0.29, 0.717) is 27.1 Å². The number of thiophene rings is 1. The van der Waals surface area contributed by atoms with Gasteiger partial charge in [-0.1, -0.05) is 24.9 Å². The standard InChI is InChI=1S/C18H17ClN2OS/c1-2-11-3-8-14-15(10-20)18(23-16(14)9-11)21-17(22)12-4-6-13(19)7-5-12/h4-7,11H,2-3,8-9H2,1H3,(H,21,22). The summed E-state index contributed by atoms with van der Waals surface area (Å²) in [6, 6.07) is 9.02. The molecule has 0 aliphatic heterocycles. The highest BCUT2D eigenvalue weighted by Crippen LogP contribution is 2.40. The van der Waals surface area contributed by atoms with Crippen molar-refractivity contribution in [2.75, 3.05) is 5.32 Å². The molecule has 23 heavy (non-hydrogen) atoms. The average Bonchev–Trinajstić information content (AvgIpc) is 2.91. The van der Waals surface area contributed by atoms with E-state index in [4.69, 9.17) is 11.6 Å². The van der Waals surface area contributed by atoms with Crippen LogP contribution in [-0.2, 0) is 12.8 Å². The summed E-state index contributed by atoms with van der Waals surface area (Å²) in [6.45, 7) is 2.21. The van der Waals surface area contributed by atoms with Gasteiger partial charge in [-0.15, -0.1) is 11.3 Å². The van der Waals surface area contributed by atoms with Crippen LogP contribution in [0.1, 0.15) is 46.1 Å². The number of carbonyl (C=O) groups excluding carboxylic acids is 1. The Labute approximate surface area is 144 Å². The van der Waals surface area contributed by atoms with Crippen molar-refractivity contribution in [2.24, 2.45) is 5.92 Å². The zero-order valence-corrected chi connectivity index (χ0v) is 14.4. The Morgan fingerprint density at radius 2 is 2.17 bits per heavy atom. The Bertz CT molecular complexity index is 774. The largest absolute Gasteiger partial charge is 0.312 e. The van der Waals surface area contributed by atoms with Crippen molar-refractivity contribution in [2.45, 2.75) is 32.6 Å². The fraction of sp³-hybridized carbons (Fsp3) is 0.333. The molecule has 0 saturated heterocycles. The van der Waals surface area contributed by atoms with E-state index in [9.17, 15) is 10.1 Å². The summed E-state index contributed by atoms with van der Waals surface area (Å²) in [4.78, 5) is 13.6. The molecular formula is C18H17ClN2OS. The molecule has 0 fully saturated rings. The molecule has 1 amide bonds. The molecule has 1 atom stereocenters. The number of anilines is 1. The number of nitrogens with zero attached hydrogens (tertiary/aromatic N) is 1. The molecule has 1 aliphatic rings. The van der Waals surface area contributed by atoms with Crippen LogP contribution in [0, 0.1) is 17.2 Å². The zero-order chi connectivity index (χ0) is 16.4. The number of halogens is 1. The van der Waals surface area contributed by atoms with Crippen molar-refractivity contribution < 1.29 is 4.79 Å². The van der Waals surface area contributed by atoms with E-state index < -0.39 is 0 Å². The number of nitriles is 1. The predicted octanol–water partition coefficient (Wildman–Crippen LogP) is 5.04. The van der Waals surface area contributed by atoms with Gasteiger partial charge >= 0.3 is 0 Å². The minimum Gasteiger partial charge on any atom is -0.312 e. The quantitative estimate of drug-likeness (QED) is 0.847. The van der Waals surface area contributed by atoms with Gasteiger partial charge in [-0.2, -0.15) is 5.26 Å². The number of rotatable bonds is 3. The van der Waals surface area contributed by atoms with Gasteiger partial charge in [-0.05, 0) is 55.0 Å². The summed E-state index contributed by atoms with van der Waals surface area (Å²) < 4.78 is 0. The lowest BCUT2D eigenvalue weighted by molar-refractivity contribution is 0.102. The lowest BCUT2D eigenvalue weighted by Gasteiger charge is -2.20. The maximum Gasteiger partial charge on any atom is 0.256 e. The van der Waals surface area contributed by atoms with E-state index in [1.807, 2.05) is 0 Å². The van der Waals surface area contributed by atoms with E-state index >= 15 is 0 Å². The summed E-state index contributed by atoms with van der Waals surface area (Å²) in [7, 11) is 0. The van der Waals surface area contributed by atoms with Crippen molar-refractivity contribution in [3.63, 3.8) is 0 Å². The van der Waals surface area contributed by atoms with Gasteiger partial charge in [0.15, 0.2) is 0 Å². The smallest absolute Gasteiger partial charge is 0.256 e. The number of benzene rings is 1. The molecule has 0 saturated carbocycles. The molecule has 1 aromatic heterocycles. The summed E-state index contributed by atoms with van der Waals surface area (Å²) in [5.74, 6) is 0.483. The lowest BCUT2D eigenvalue weighted by atomic mass is 9.86. The molecule has 2 aromatic rings. The highest BCUT2D eigenvalue weighted by molar-refractivity contribution is 7.16. The second-order valence-electron chi connectivity index (χ2n) is 5.80. The van der Waals surface area contributed by atoms with Gasteiger partial charge in [0.25, 0.3) is 5.91 Å². The number of fused-ring (bicyclic) bond motifs is 1. The van der Waals surface area contributed by atoms with Gasteiger partial charge in [-0.25, -0.2) is 0 Å². The molecule has 1 aliphatic carbocycles. The average molecular weight is 345 g/mol. The number of carbonyl (C=O) groups is 1. The number of hydrogen-bond acceptors (Lipinski definition) is 3. The highest BCUT2D eigenvalue weighted by Gasteiger charge is 2.25. The molecule has 3 rings (SSSR count). The topological polar surface area (TPSA) is 52.9 Å². The summed E-state index contributed by atoms with van der Waals surface area (Å²) in [5, 5.41) is 13.7. The molecule has 0 spiro atoms. The van der Waals surface area contributed by atoms with E-state index in [0.717, 1.165) is 31.2 Å². The molecule has 118 valence electrons. The number of hydrogen-bond donors (Lipinski definition) is 1. The SMILES string of the molecule is CCC1CCc2c(sc(NC(=O)c3ccc(Cl)cc3)c2C#N)C1. The fourth-order valence-electron chi connectivity index (χ4n) is 2.99. The molecule has 0 radical (unpaired) electrons. The first-order valence-corrected chi connectivity index (χ1v) is 8.93. The normalized spacial score (nSPS) is 16.5. The van der Waals surface area contributed by atoms with E-state index in [1.54, 1.807) is 35.6 Å². The van der Waals surface area contributed by atoms with Crippen LogP contribution in [0.4, 0.5) is 5.00 Å². The van der Waals surface area contributed by atoms with E-state index in [2.05, 4.69) is 18.3 Å². The zero-order valence-electron chi connectivity index (χ0n) is 12.9. The molecule has 1 N–H and O–H groups in total. The molecule has 0 bridgehead atoms. The molecule has 1 aromatic carbocycles. The molecule has 1 heterocycles. The summed E-state index contributed by atoms with van der Waals surface area (Å²) >= 11 is 7.40. The van der Waals surface area contributed by atoms with Gasteiger partial charge in [-0.3, -0.25) is 4.79 Å². The molecule has 3 nitrogen and oxygen atoms in total. The fourth-order valence-corrected chi connectivity index (χ4v) is 4.42. The Morgan fingerprint density at radius 1 is 1.43 bits per heavy atom. The Balaban J connectivity index is 1.86. The van der Waals surface area contributed by atoms with Gasteiger partial charge in [0.1, 0.15) is 11.1 Å². The van der Waals surface area contributed by atoms with Crippen molar-refractivity contribution in [3.8, 4) is 6.07 Å². The number of amides is 1. The van der Waals surface area contributed by atoms with Crippen molar-refractivity contribution in [3.05, 3.63) is 50.9 Å². The van der Waals surface area contributed by atoms with Gasteiger partial charge < -0.3 is 5.32 Å². The summed E-state index contributed by atoms with van der Waals surface area (Å²) in [6.07, 6.45) is 4.23. The first-order valence-electron chi connectivity index (χ1n) is 7.74. The Kier molecular flexibility index (Phi) is 4.70. The highest BCUT2D eigenvalue weighted by atomic mass is 35.5. The minimum absolute atomic E-state index is 0.205. The van der Waals surface area contributed by atoms with Gasteiger partial charge in [0, 0.05) is 15.5 Å². The number of nitrogens with one attached hydrogen (secondary N) is 1. The van der Waals surface area contributed by atoms with E-state index in [1.165, 1.54) is 4.88 Å². The lowest BCUT2D eigenvalue weighted by Crippen LogP contribution is -2.12. The van der Waals surface area contributed by atoms with Crippen LogP contribution in [0.2, 0.25) is 5.02 Å². The van der Waals surface area contributed by atoms with Gasteiger partial charge in [0.2, 0.25) is 0 Å². The van der Waals surface area contributed by atoms with Crippen LogP contribution >= 0.6 is 22.9 Å².